The minimum absolute atomic E-state index is 0.199. The first-order chi connectivity index (χ1) is 10.1. The second-order valence-corrected chi connectivity index (χ2v) is 4.96. The van der Waals surface area contributed by atoms with Gasteiger partial charge in [0.2, 0.25) is 5.65 Å². The highest BCUT2D eigenvalue weighted by Crippen LogP contribution is 2.14. The zero-order valence-electron chi connectivity index (χ0n) is 12.0. The van der Waals surface area contributed by atoms with E-state index >= 15 is 0 Å². The fourth-order valence-electron chi connectivity index (χ4n) is 2.32. The molecule has 0 saturated heterocycles. The average Bonchev–Trinajstić information content (AvgIpc) is 2.84. The Morgan fingerprint density at radius 3 is 2.90 bits per heavy atom. The highest BCUT2D eigenvalue weighted by molar-refractivity contribution is 5.61. The van der Waals surface area contributed by atoms with Crippen molar-refractivity contribution < 1.29 is 4.39 Å². The third-order valence-electron chi connectivity index (χ3n) is 3.49. The van der Waals surface area contributed by atoms with E-state index in [1.807, 2.05) is 30.5 Å². The molecule has 2 aromatic heterocycles. The number of halogens is 1. The molecule has 3 aromatic rings. The van der Waals surface area contributed by atoms with Crippen LogP contribution in [0.1, 0.15) is 17.0 Å². The van der Waals surface area contributed by atoms with E-state index in [0.717, 1.165) is 23.4 Å². The van der Waals surface area contributed by atoms with Crippen LogP contribution in [0.4, 0.5) is 10.2 Å². The summed E-state index contributed by atoms with van der Waals surface area (Å²) in [5, 5.41) is 11.4. The molecule has 0 spiro atoms. The Morgan fingerprint density at radius 2 is 2.10 bits per heavy atom. The first-order valence-electron chi connectivity index (χ1n) is 6.80. The summed E-state index contributed by atoms with van der Waals surface area (Å²) in [5.74, 6) is 1.33. The van der Waals surface area contributed by atoms with E-state index < -0.39 is 0 Å². The van der Waals surface area contributed by atoms with Crippen molar-refractivity contribution >= 4 is 11.5 Å². The van der Waals surface area contributed by atoms with Crippen LogP contribution in [-0.2, 0) is 6.42 Å². The van der Waals surface area contributed by atoms with Crippen LogP contribution in [0.25, 0.3) is 5.65 Å². The molecule has 1 N–H and O–H groups in total. The lowest BCUT2D eigenvalue weighted by atomic mass is 10.1. The van der Waals surface area contributed by atoms with Crippen molar-refractivity contribution in [3.63, 3.8) is 0 Å². The number of hydrogen-bond donors (Lipinski definition) is 1. The normalized spacial score (nSPS) is 11.0. The lowest BCUT2D eigenvalue weighted by Gasteiger charge is -2.08. The van der Waals surface area contributed by atoms with Crippen molar-refractivity contribution in [1.82, 2.24) is 19.6 Å². The minimum atomic E-state index is -0.199. The maximum Gasteiger partial charge on any atom is 0.203 e. The van der Waals surface area contributed by atoms with Gasteiger partial charge in [0.05, 0.1) is 0 Å². The largest absolute Gasteiger partial charge is 0.367 e. The van der Waals surface area contributed by atoms with Crippen LogP contribution in [-0.4, -0.2) is 26.1 Å². The van der Waals surface area contributed by atoms with Crippen LogP contribution in [0.5, 0.6) is 0 Å². The molecule has 0 aliphatic carbocycles. The van der Waals surface area contributed by atoms with Gasteiger partial charge in [-0.1, -0.05) is 6.07 Å². The molecule has 0 amide bonds. The number of aromatic nitrogens is 4. The Morgan fingerprint density at radius 1 is 1.24 bits per heavy atom. The van der Waals surface area contributed by atoms with Gasteiger partial charge in [-0.2, -0.15) is 0 Å². The predicted octanol–water partition coefficient (Wildman–Crippen LogP) is 2.53. The fourth-order valence-corrected chi connectivity index (χ4v) is 2.32. The summed E-state index contributed by atoms with van der Waals surface area (Å²) >= 11 is 0. The van der Waals surface area contributed by atoms with Crippen molar-refractivity contribution in [2.45, 2.75) is 20.3 Å². The number of aryl methyl sites for hydroxylation is 2. The van der Waals surface area contributed by atoms with Gasteiger partial charge < -0.3 is 5.32 Å². The maximum absolute atomic E-state index is 13.1. The quantitative estimate of drug-likeness (QED) is 0.800. The summed E-state index contributed by atoms with van der Waals surface area (Å²) in [4.78, 5) is 4.29. The van der Waals surface area contributed by atoms with Gasteiger partial charge in [-0.05, 0) is 43.5 Å². The molecule has 0 aliphatic heterocycles. The minimum Gasteiger partial charge on any atom is -0.367 e. The standard InChI is InChI=1S/C15H16FN5/c1-10-9-13(16)4-3-12(10)5-6-17-14-15-20-19-11(2)21(15)8-7-18-14/h3-4,7-9H,5-6H2,1-2H3,(H,17,18). The van der Waals surface area contributed by atoms with E-state index in [4.69, 9.17) is 0 Å². The molecule has 0 aliphatic rings. The second kappa shape index (κ2) is 5.47. The van der Waals surface area contributed by atoms with Gasteiger partial charge in [-0.15, -0.1) is 10.2 Å². The van der Waals surface area contributed by atoms with Crippen LogP contribution in [0, 0.1) is 19.7 Å². The van der Waals surface area contributed by atoms with Gasteiger partial charge in [-0.25, -0.2) is 9.37 Å². The summed E-state index contributed by atoms with van der Waals surface area (Å²) in [6.45, 7) is 4.51. The van der Waals surface area contributed by atoms with Gasteiger partial charge >= 0.3 is 0 Å². The summed E-state index contributed by atoms with van der Waals surface area (Å²) in [6, 6.07) is 4.86. The summed E-state index contributed by atoms with van der Waals surface area (Å²) in [5.41, 5.74) is 2.79. The number of anilines is 1. The van der Waals surface area contributed by atoms with Gasteiger partial charge in [0.25, 0.3) is 0 Å². The van der Waals surface area contributed by atoms with E-state index in [1.165, 1.54) is 6.07 Å². The molecule has 108 valence electrons. The van der Waals surface area contributed by atoms with E-state index in [0.29, 0.717) is 18.0 Å². The molecule has 0 bridgehead atoms. The van der Waals surface area contributed by atoms with Crippen LogP contribution >= 0.6 is 0 Å². The summed E-state index contributed by atoms with van der Waals surface area (Å²) in [7, 11) is 0. The lowest BCUT2D eigenvalue weighted by molar-refractivity contribution is 0.625. The van der Waals surface area contributed by atoms with Crippen LogP contribution < -0.4 is 5.32 Å². The topological polar surface area (TPSA) is 55.1 Å². The molecule has 2 heterocycles. The monoisotopic (exact) mass is 285 g/mol. The van der Waals surface area contributed by atoms with Gasteiger partial charge in [-0.3, -0.25) is 4.40 Å². The Labute approximate surface area is 121 Å². The molecule has 0 saturated carbocycles. The van der Waals surface area contributed by atoms with Crippen molar-refractivity contribution in [3.05, 3.63) is 53.4 Å². The lowest BCUT2D eigenvalue weighted by Crippen LogP contribution is -2.08. The molecule has 1 aromatic carbocycles. The van der Waals surface area contributed by atoms with Crippen molar-refractivity contribution in [3.8, 4) is 0 Å². The predicted molar refractivity (Wildman–Crippen MR) is 78.8 cm³/mol. The van der Waals surface area contributed by atoms with Crippen LogP contribution in [0.3, 0.4) is 0 Å². The highest BCUT2D eigenvalue weighted by atomic mass is 19.1. The van der Waals surface area contributed by atoms with Gasteiger partial charge in [0.1, 0.15) is 11.6 Å². The van der Waals surface area contributed by atoms with Gasteiger partial charge in [0.15, 0.2) is 5.82 Å². The molecule has 3 rings (SSSR count). The summed E-state index contributed by atoms with van der Waals surface area (Å²) in [6.07, 6.45) is 4.34. The second-order valence-electron chi connectivity index (χ2n) is 4.96. The average molecular weight is 285 g/mol. The van der Waals surface area contributed by atoms with E-state index in [9.17, 15) is 4.39 Å². The van der Waals surface area contributed by atoms with Crippen molar-refractivity contribution in [2.24, 2.45) is 0 Å². The molecule has 0 atom stereocenters. The van der Waals surface area contributed by atoms with Crippen molar-refractivity contribution in [2.75, 3.05) is 11.9 Å². The number of hydrogen-bond acceptors (Lipinski definition) is 4. The van der Waals surface area contributed by atoms with E-state index in [2.05, 4.69) is 20.5 Å². The third-order valence-corrected chi connectivity index (χ3v) is 3.49. The number of rotatable bonds is 4. The number of nitrogens with one attached hydrogen (secondary N) is 1. The van der Waals surface area contributed by atoms with Crippen molar-refractivity contribution in [1.29, 1.82) is 0 Å². The fraction of sp³-hybridized carbons (Fsp3) is 0.267. The third kappa shape index (κ3) is 2.69. The Balaban J connectivity index is 1.72. The summed E-state index contributed by atoms with van der Waals surface area (Å²) < 4.78 is 15.0. The number of benzene rings is 1. The zero-order valence-corrected chi connectivity index (χ0v) is 12.0. The SMILES string of the molecule is Cc1cc(F)ccc1CCNc1nccn2c(C)nnc12. The molecule has 0 unspecified atom stereocenters. The number of nitrogens with zero attached hydrogens (tertiary/aromatic N) is 4. The molecule has 0 radical (unpaired) electrons. The molecule has 5 nitrogen and oxygen atoms in total. The first kappa shape index (κ1) is 13.5. The maximum atomic E-state index is 13.1. The number of fused-ring (bicyclic) bond motifs is 1. The Bertz CT molecular complexity index is 781. The highest BCUT2D eigenvalue weighted by Gasteiger charge is 2.07. The first-order valence-corrected chi connectivity index (χ1v) is 6.80. The van der Waals surface area contributed by atoms with E-state index in [-0.39, 0.29) is 5.82 Å². The molecule has 21 heavy (non-hydrogen) atoms. The molecule has 6 heteroatoms. The van der Waals surface area contributed by atoms with E-state index in [1.54, 1.807) is 12.3 Å². The van der Waals surface area contributed by atoms with Gasteiger partial charge in [0, 0.05) is 18.9 Å². The Kier molecular flexibility index (Phi) is 3.51. The Hall–Kier alpha value is -2.50. The smallest absolute Gasteiger partial charge is 0.203 e. The van der Waals surface area contributed by atoms with Crippen LogP contribution in [0.15, 0.2) is 30.6 Å². The molecular weight excluding hydrogens is 269 g/mol. The zero-order chi connectivity index (χ0) is 14.8. The molecular formula is C15H16FN5. The molecule has 0 fully saturated rings. The van der Waals surface area contributed by atoms with Crippen LogP contribution in [0.2, 0.25) is 0 Å².